The lowest BCUT2D eigenvalue weighted by Gasteiger charge is -2.07. The van der Waals surface area contributed by atoms with Crippen molar-refractivity contribution in [2.45, 2.75) is 19.4 Å². The van der Waals surface area contributed by atoms with Crippen molar-refractivity contribution in [1.29, 1.82) is 0 Å². The molecule has 0 bridgehead atoms. The summed E-state index contributed by atoms with van der Waals surface area (Å²) in [6.45, 7) is 2.01. The molecule has 0 aliphatic carbocycles. The van der Waals surface area contributed by atoms with E-state index in [1.807, 2.05) is 14.0 Å². The number of hydrogen-bond acceptors (Lipinski definition) is 6. The Kier molecular flexibility index (Phi) is 4.59. The van der Waals surface area contributed by atoms with Gasteiger partial charge < -0.3 is 9.84 Å². The van der Waals surface area contributed by atoms with Gasteiger partial charge in [-0.15, -0.1) is 0 Å². The van der Waals surface area contributed by atoms with Crippen LogP contribution in [0.4, 0.5) is 5.69 Å². The second-order valence-electron chi connectivity index (χ2n) is 4.83. The van der Waals surface area contributed by atoms with Gasteiger partial charge in [-0.25, -0.2) is 8.42 Å². The minimum atomic E-state index is -3.37. The van der Waals surface area contributed by atoms with E-state index in [9.17, 15) is 8.42 Å². The maximum atomic E-state index is 11.4. The van der Waals surface area contributed by atoms with Crippen LogP contribution in [0, 0.1) is 0 Å². The molecule has 1 aromatic carbocycles. The van der Waals surface area contributed by atoms with Crippen molar-refractivity contribution < 1.29 is 12.9 Å². The zero-order valence-corrected chi connectivity index (χ0v) is 12.9. The SMILES string of the molecule is CNC(C)Cc1noc(-c2ccccc2NS(C)(=O)=O)n1. The Balaban J connectivity index is 2.30. The Bertz CT molecular complexity index is 712. The summed E-state index contributed by atoms with van der Waals surface area (Å²) < 4.78 is 30.4. The largest absolute Gasteiger partial charge is 0.334 e. The summed E-state index contributed by atoms with van der Waals surface area (Å²) in [6.07, 6.45) is 1.72. The average Bonchev–Trinajstić information content (AvgIpc) is 2.85. The monoisotopic (exact) mass is 310 g/mol. The zero-order valence-electron chi connectivity index (χ0n) is 12.1. The molecule has 0 radical (unpaired) electrons. The number of sulfonamides is 1. The van der Waals surface area contributed by atoms with E-state index in [1.165, 1.54) is 0 Å². The maximum absolute atomic E-state index is 11.4. The average molecular weight is 310 g/mol. The van der Waals surface area contributed by atoms with Crippen LogP contribution in [-0.2, 0) is 16.4 Å². The first-order chi connectivity index (χ1) is 9.89. The van der Waals surface area contributed by atoms with Crippen molar-refractivity contribution >= 4 is 15.7 Å². The number of nitrogens with zero attached hydrogens (tertiary/aromatic N) is 2. The topological polar surface area (TPSA) is 97.1 Å². The molecule has 0 spiro atoms. The van der Waals surface area contributed by atoms with Gasteiger partial charge in [0, 0.05) is 12.5 Å². The van der Waals surface area contributed by atoms with E-state index in [0.717, 1.165) is 6.26 Å². The van der Waals surface area contributed by atoms with Gasteiger partial charge in [0.15, 0.2) is 5.82 Å². The first kappa shape index (κ1) is 15.5. The van der Waals surface area contributed by atoms with Crippen LogP contribution < -0.4 is 10.0 Å². The number of benzene rings is 1. The van der Waals surface area contributed by atoms with Crippen LogP contribution in [0.25, 0.3) is 11.5 Å². The lowest BCUT2D eigenvalue weighted by atomic mass is 10.2. The van der Waals surface area contributed by atoms with Crippen LogP contribution in [0.3, 0.4) is 0 Å². The molecule has 2 rings (SSSR count). The summed E-state index contributed by atoms with van der Waals surface area (Å²) in [5, 5.41) is 7.01. The van der Waals surface area contributed by atoms with Crippen LogP contribution in [-0.4, -0.2) is 37.9 Å². The standard InChI is InChI=1S/C13H18N4O3S/c1-9(14-2)8-12-15-13(20-16-12)10-6-4-5-7-11(10)17-21(3,18)19/h4-7,9,14,17H,8H2,1-3H3. The fourth-order valence-corrected chi connectivity index (χ4v) is 2.36. The molecule has 0 fully saturated rings. The molecule has 8 heteroatoms. The third-order valence-corrected chi connectivity index (χ3v) is 3.49. The molecule has 0 saturated heterocycles. The number of hydrogen-bond donors (Lipinski definition) is 2. The number of rotatable bonds is 6. The van der Waals surface area contributed by atoms with E-state index >= 15 is 0 Å². The smallest absolute Gasteiger partial charge is 0.260 e. The van der Waals surface area contributed by atoms with Crippen molar-refractivity contribution in [2.75, 3.05) is 18.0 Å². The molecule has 21 heavy (non-hydrogen) atoms. The highest BCUT2D eigenvalue weighted by Crippen LogP contribution is 2.27. The Morgan fingerprint density at radius 2 is 2.05 bits per heavy atom. The van der Waals surface area contributed by atoms with Gasteiger partial charge in [-0.3, -0.25) is 4.72 Å². The summed E-state index contributed by atoms with van der Waals surface area (Å²) in [7, 11) is -1.52. The van der Waals surface area contributed by atoms with Crippen molar-refractivity contribution in [3.63, 3.8) is 0 Å². The summed E-state index contributed by atoms with van der Waals surface area (Å²) >= 11 is 0. The minimum absolute atomic E-state index is 0.222. The van der Waals surface area contributed by atoms with E-state index in [0.29, 0.717) is 29.4 Å². The van der Waals surface area contributed by atoms with Crippen LogP contribution in [0.15, 0.2) is 28.8 Å². The lowest BCUT2D eigenvalue weighted by Crippen LogP contribution is -2.24. The quantitative estimate of drug-likeness (QED) is 0.833. The number of likely N-dealkylation sites (N-methyl/N-ethyl adjacent to an activating group) is 1. The number of nitrogens with one attached hydrogen (secondary N) is 2. The van der Waals surface area contributed by atoms with Crippen LogP contribution in [0.5, 0.6) is 0 Å². The predicted octanol–water partition coefficient (Wildman–Crippen LogP) is 1.26. The molecular formula is C13H18N4O3S. The highest BCUT2D eigenvalue weighted by Gasteiger charge is 2.15. The van der Waals surface area contributed by atoms with Crippen LogP contribution in [0.2, 0.25) is 0 Å². The minimum Gasteiger partial charge on any atom is -0.334 e. The highest BCUT2D eigenvalue weighted by molar-refractivity contribution is 7.92. The van der Waals surface area contributed by atoms with Crippen LogP contribution >= 0.6 is 0 Å². The predicted molar refractivity (Wildman–Crippen MR) is 80.4 cm³/mol. The molecule has 2 aromatic rings. The Hall–Kier alpha value is -1.93. The molecule has 0 aliphatic heterocycles. The van der Waals surface area contributed by atoms with Crippen molar-refractivity contribution in [3.8, 4) is 11.5 Å². The van der Waals surface area contributed by atoms with Gasteiger partial charge in [0.1, 0.15) is 0 Å². The summed E-state index contributed by atoms with van der Waals surface area (Å²) in [6, 6.07) is 7.11. The zero-order chi connectivity index (χ0) is 15.5. The lowest BCUT2D eigenvalue weighted by molar-refractivity contribution is 0.418. The molecular weight excluding hydrogens is 292 g/mol. The molecule has 2 N–H and O–H groups in total. The number of anilines is 1. The first-order valence-corrected chi connectivity index (χ1v) is 8.35. The summed E-state index contributed by atoms with van der Waals surface area (Å²) in [5.41, 5.74) is 0.968. The highest BCUT2D eigenvalue weighted by atomic mass is 32.2. The van der Waals surface area contributed by atoms with Gasteiger partial charge >= 0.3 is 0 Å². The maximum Gasteiger partial charge on any atom is 0.260 e. The molecule has 1 unspecified atom stereocenters. The second kappa shape index (κ2) is 6.23. The first-order valence-electron chi connectivity index (χ1n) is 6.46. The van der Waals surface area contributed by atoms with Gasteiger partial charge in [-0.1, -0.05) is 17.3 Å². The van der Waals surface area contributed by atoms with Gasteiger partial charge in [-0.05, 0) is 26.1 Å². The molecule has 1 aromatic heterocycles. The van der Waals surface area contributed by atoms with Gasteiger partial charge in [0.25, 0.3) is 5.89 Å². The molecule has 114 valence electrons. The molecule has 7 nitrogen and oxygen atoms in total. The summed E-state index contributed by atoms with van der Waals surface area (Å²) in [4.78, 5) is 4.31. The van der Waals surface area contributed by atoms with Gasteiger partial charge in [0.05, 0.1) is 17.5 Å². The molecule has 1 atom stereocenters. The van der Waals surface area contributed by atoms with Crippen molar-refractivity contribution in [2.24, 2.45) is 0 Å². The van der Waals surface area contributed by atoms with Crippen LogP contribution in [0.1, 0.15) is 12.7 Å². The molecule has 0 saturated carbocycles. The van der Waals surface area contributed by atoms with E-state index in [2.05, 4.69) is 20.2 Å². The Morgan fingerprint density at radius 3 is 2.71 bits per heavy atom. The fourth-order valence-electron chi connectivity index (χ4n) is 1.78. The van der Waals surface area contributed by atoms with E-state index in [1.54, 1.807) is 24.3 Å². The van der Waals surface area contributed by atoms with Gasteiger partial charge in [0.2, 0.25) is 10.0 Å². The molecule has 1 heterocycles. The van der Waals surface area contributed by atoms with Crippen molar-refractivity contribution in [1.82, 2.24) is 15.5 Å². The fraction of sp³-hybridized carbons (Fsp3) is 0.385. The third kappa shape index (κ3) is 4.27. The van der Waals surface area contributed by atoms with E-state index < -0.39 is 10.0 Å². The van der Waals surface area contributed by atoms with Crippen molar-refractivity contribution in [3.05, 3.63) is 30.1 Å². The normalized spacial score (nSPS) is 13.1. The Labute approximate surface area is 123 Å². The number of para-hydroxylation sites is 1. The number of aromatic nitrogens is 2. The van der Waals surface area contributed by atoms with Gasteiger partial charge in [-0.2, -0.15) is 4.98 Å². The second-order valence-corrected chi connectivity index (χ2v) is 6.58. The van der Waals surface area contributed by atoms with E-state index in [-0.39, 0.29) is 6.04 Å². The summed E-state index contributed by atoms with van der Waals surface area (Å²) in [5.74, 6) is 0.862. The van der Waals surface area contributed by atoms with E-state index in [4.69, 9.17) is 4.52 Å². The molecule has 0 aliphatic rings. The third-order valence-electron chi connectivity index (χ3n) is 2.90. The Morgan fingerprint density at radius 1 is 1.33 bits per heavy atom. The molecule has 0 amide bonds.